The van der Waals surface area contributed by atoms with Crippen molar-refractivity contribution in [2.75, 3.05) is 0 Å². The number of primary amides is 1. The number of aliphatic hydroxyl groups is 2. The molecule has 180 valence electrons. The van der Waals surface area contributed by atoms with E-state index < -0.39 is 30.1 Å². The van der Waals surface area contributed by atoms with Gasteiger partial charge in [0, 0.05) is 22.6 Å². The molecule has 11 heteroatoms. The number of aliphatic hydroxyl groups excluding tert-OH is 2. The molecule has 11 nitrogen and oxygen atoms in total. The molecule has 8 N–H and O–H groups in total. The third-order valence-corrected chi connectivity index (χ3v) is 5.46. The summed E-state index contributed by atoms with van der Waals surface area (Å²) in [5.74, 6) is -3.27. The molecule has 1 saturated carbocycles. The van der Waals surface area contributed by atoms with Crippen LogP contribution in [0.4, 0.5) is 0 Å². The third-order valence-electron chi connectivity index (χ3n) is 5.46. The number of rotatable bonds is 8. The molecule has 0 bridgehead atoms. The number of carbonyl (C=O) groups is 3. The van der Waals surface area contributed by atoms with Crippen molar-refractivity contribution in [2.24, 2.45) is 17.4 Å². The van der Waals surface area contributed by atoms with Crippen LogP contribution >= 0.6 is 0 Å². The normalized spacial score (nSPS) is 15.6. The number of hydrogen-bond acceptors (Lipinski definition) is 8. The van der Waals surface area contributed by atoms with E-state index in [1.807, 2.05) is 24.3 Å². The van der Waals surface area contributed by atoms with Gasteiger partial charge in [-0.3, -0.25) is 4.79 Å². The summed E-state index contributed by atoms with van der Waals surface area (Å²) in [6, 6.07) is 13.2. The van der Waals surface area contributed by atoms with Crippen LogP contribution in [0.3, 0.4) is 0 Å². The molecule has 1 amide bonds. The summed E-state index contributed by atoms with van der Waals surface area (Å²) >= 11 is 0. The Morgan fingerprint density at radius 1 is 1.03 bits per heavy atom. The van der Waals surface area contributed by atoms with E-state index in [0.717, 1.165) is 34.5 Å². The minimum absolute atomic E-state index is 0.00894. The number of aromatic nitrogens is 1. The Bertz CT molecular complexity index is 1190. The van der Waals surface area contributed by atoms with Crippen molar-refractivity contribution in [3.63, 3.8) is 0 Å². The van der Waals surface area contributed by atoms with Crippen LogP contribution in [0.5, 0.6) is 0 Å². The van der Waals surface area contributed by atoms with Crippen molar-refractivity contribution in [1.29, 1.82) is 0 Å². The lowest BCUT2D eigenvalue weighted by molar-refractivity contribution is -0.165. The first-order valence-electron chi connectivity index (χ1n) is 10.5. The smallest absolute Gasteiger partial charge is 0.335 e. The summed E-state index contributed by atoms with van der Waals surface area (Å²) in [7, 11) is 0. The maximum atomic E-state index is 11.3. The number of nitrogens with zero attached hydrogens (tertiary/aromatic N) is 1. The van der Waals surface area contributed by atoms with Gasteiger partial charge in [0.05, 0.1) is 0 Å². The zero-order valence-electron chi connectivity index (χ0n) is 18.0. The minimum atomic E-state index is -2.27. The van der Waals surface area contributed by atoms with Crippen LogP contribution in [-0.2, 0) is 9.59 Å². The highest BCUT2D eigenvalue weighted by atomic mass is 16.5. The van der Waals surface area contributed by atoms with Gasteiger partial charge in [0.1, 0.15) is 5.69 Å². The van der Waals surface area contributed by atoms with Crippen LogP contribution in [0.1, 0.15) is 41.2 Å². The Balaban J connectivity index is 0.000000277. The first kappa shape index (κ1) is 24.8. The Morgan fingerprint density at radius 2 is 1.65 bits per heavy atom. The van der Waals surface area contributed by atoms with E-state index >= 15 is 0 Å². The second-order valence-electron chi connectivity index (χ2n) is 8.05. The van der Waals surface area contributed by atoms with Gasteiger partial charge in [0.2, 0.25) is 5.91 Å². The maximum Gasteiger partial charge on any atom is 0.335 e. The molecule has 0 radical (unpaired) electrons. The van der Waals surface area contributed by atoms with Gasteiger partial charge >= 0.3 is 11.9 Å². The van der Waals surface area contributed by atoms with E-state index in [4.69, 9.17) is 36.4 Å². The fourth-order valence-corrected chi connectivity index (χ4v) is 3.43. The summed E-state index contributed by atoms with van der Waals surface area (Å²) in [5.41, 5.74) is 15.5. The number of carboxylic acid groups (broad SMARTS) is 2. The molecule has 3 atom stereocenters. The van der Waals surface area contributed by atoms with E-state index in [0.29, 0.717) is 11.1 Å². The van der Waals surface area contributed by atoms with Crippen LogP contribution in [0, 0.1) is 5.92 Å². The SMILES string of the molecule is NC(=O)c1ccc2c(-c3ccccc3[C@@H](N)CC3CC3)noc2c1.O=C(O)[C@H](O)[C@@H](O)C(=O)O. The predicted molar refractivity (Wildman–Crippen MR) is 120 cm³/mol. The van der Waals surface area contributed by atoms with Crippen molar-refractivity contribution in [2.45, 2.75) is 37.5 Å². The first-order chi connectivity index (χ1) is 16.1. The first-order valence-corrected chi connectivity index (χ1v) is 10.5. The number of carboxylic acids is 2. The summed E-state index contributed by atoms with van der Waals surface area (Å²) in [5, 5.41) is 37.6. The van der Waals surface area contributed by atoms with E-state index in [2.05, 4.69) is 11.2 Å². The predicted octanol–water partition coefficient (Wildman–Crippen LogP) is 1.27. The molecule has 34 heavy (non-hydrogen) atoms. The Morgan fingerprint density at radius 3 is 2.21 bits per heavy atom. The van der Waals surface area contributed by atoms with Crippen molar-refractivity contribution in [3.8, 4) is 11.3 Å². The Labute approximate surface area is 193 Å². The van der Waals surface area contributed by atoms with E-state index in [1.165, 1.54) is 12.8 Å². The average Bonchev–Trinajstić information content (AvgIpc) is 3.53. The number of fused-ring (bicyclic) bond motifs is 1. The molecule has 4 rings (SSSR count). The van der Waals surface area contributed by atoms with E-state index in [1.54, 1.807) is 12.1 Å². The van der Waals surface area contributed by atoms with Gasteiger partial charge in [-0.2, -0.15) is 0 Å². The van der Waals surface area contributed by atoms with Gasteiger partial charge in [-0.15, -0.1) is 0 Å². The molecular formula is C23H25N3O8. The lowest BCUT2D eigenvalue weighted by atomic mass is 9.94. The Kier molecular flexibility index (Phi) is 7.61. The standard InChI is InChI=1S/C19H19N3O2.C4H6O6/c20-16(9-11-5-6-11)13-3-1-2-4-14(13)18-15-8-7-12(19(21)23)10-17(15)24-22-18;5-1(3(7)8)2(6)4(9)10/h1-4,7-8,10-11,16H,5-6,9,20H2,(H2,21,23);1-2,5-6H,(H,7,8)(H,9,10)/t16-;1-,2-/m01/s1. The fraction of sp³-hybridized carbons (Fsp3) is 0.304. The van der Waals surface area contributed by atoms with Gasteiger partial charge < -0.3 is 36.4 Å². The van der Waals surface area contributed by atoms with Gasteiger partial charge in [0.25, 0.3) is 0 Å². The van der Waals surface area contributed by atoms with Gasteiger partial charge in [0.15, 0.2) is 17.8 Å². The highest BCUT2D eigenvalue weighted by Gasteiger charge is 2.29. The van der Waals surface area contributed by atoms with Gasteiger partial charge in [-0.25, -0.2) is 9.59 Å². The summed E-state index contributed by atoms with van der Waals surface area (Å²) in [4.78, 5) is 30.9. The lowest BCUT2D eigenvalue weighted by Gasteiger charge is -2.15. The maximum absolute atomic E-state index is 11.3. The molecule has 2 aromatic carbocycles. The van der Waals surface area contributed by atoms with Crippen molar-refractivity contribution in [1.82, 2.24) is 5.16 Å². The van der Waals surface area contributed by atoms with Crippen LogP contribution in [0.15, 0.2) is 47.0 Å². The van der Waals surface area contributed by atoms with Gasteiger partial charge in [-0.1, -0.05) is 42.3 Å². The molecule has 0 unspecified atom stereocenters. The number of nitrogens with two attached hydrogens (primary N) is 2. The van der Waals surface area contributed by atoms with Gasteiger partial charge in [-0.05, 0) is 36.1 Å². The molecular weight excluding hydrogens is 446 g/mol. The minimum Gasteiger partial charge on any atom is -0.479 e. The highest BCUT2D eigenvalue weighted by molar-refractivity contribution is 5.99. The second-order valence-corrected chi connectivity index (χ2v) is 8.05. The molecule has 0 spiro atoms. The largest absolute Gasteiger partial charge is 0.479 e. The molecule has 0 saturated heterocycles. The quantitative estimate of drug-likeness (QED) is 0.277. The van der Waals surface area contributed by atoms with Crippen LogP contribution < -0.4 is 11.5 Å². The van der Waals surface area contributed by atoms with E-state index in [-0.39, 0.29) is 6.04 Å². The monoisotopic (exact) mass is 471 g/mol. The summed E-state index contributed by atoms with van der Waals surface area (Å²) < 4.78 is 5.42. The molecule has 0 aliphatic heterocycles. The van der Waals surface area contributed by atoms with E-state index in [9.17, 15) is 14.4 Å². The number of hydrogen-bond donors (Lipinski definition) is 6. The molecule has 1 heterocycles. The lowest BCUT2D eigenvalue weighted by Crippen LogP contribution is -2.39. The summed E-state index contributed by atoms with van der Waals surface area (Å²) in [6.07, 6.45) is -0.981. The highest BCUT2D eigenvalue weighted by Crippen LogP contribution is 2.39. The zero-order chi connectivity index (χ0) is 25.0. The molecule has 3 aromatic rings. The van der Waals surface area contributed by atoms with Crippen LogP contribution in [0.25, 0.3) is 22.2 Å². The second kappa shape index (κ2) is 10.4. The number of amides is 1. The Hall–Kier alpha value is -3.80. The number of carbonyl (C=O) groups excluding carboxylic acids is 1. The fourth-order valence-electron chi connectivity index (χ4n) is 3.43. The average molecular weight is 471 g/mol. The summed E-state index contributed by atoms with van der Waals surface area (Å²) in [6.45, 7) is 0. The molecule has 1 aliphatic carbocycles. The topological polar surface area (TPSA) is 210 Å². The number of aliphatic carboxylic acids is 2. The van der Waals surface area contributed by atoms with Crippen LogP contribution in [0.2, 0.25) is 0 Å². The number of benzene rings is 2. The third kappa shape index (κ3) is 5.76. The van der Waals surface area contributed by atoms with Crippen molar-refractivity contribution >= 4 is 28.8 Å². The van der Waals surface area contributed by atoms with Crippen LogP contribution in [-0.4, -0.2) is 55.6 Å². The molecule has 1 aliphatic rings. The van der Waals surface area contributed by atoms with Crippen molar-refractivity contribution < 1.29 is 39.3 Å². The van der Waals surface area contributed by atoms with Crippen molar-refractivity contribution in [3.05, 3.63) is 53.6 Å². The molecule has 1 fully saturated rings. The zero-order valence-corrected chi connectivity index (χ0v) is 18.0. The molecule has 1 aromatic heterocycles.